The van der Waals surface area contributed by atoms with E-state index in [1.807, 2.05) is 29.2 Å². The van der Waals surface area contributed by atoms with Gasteiger partial charge in [0.1, 0.15) is 12.0 Å². The van der Waals surface area contributed by atoms with Gasteiger partial charge in [0.25, 0.3) is 0 Å². The molecule has 1 amide bonds. The van der Waals surface area contributed by atoms with Gasteiger partial charge in [0.2, 0.25) is 5.91 Å². The lowest BCUT2D eigenvalue weighted by atomic mass is 10.1. The Morgan fingerprint density at radius 3 is 2.71 bits per heavy atom. The molecule has 3 rings (SSSR count). The van der Waals surface area contributed by atoms with Gasteiger partial charge < -0.3 is 14.3 Å². The summed E-state index contributed by atoms with van der Waals surface area (Å²) in [5, 5.41) is 4.00. The largest absolute Gasteiger partial charge is 0.364 e. The second kappa shape index (κ2) is 5.60. The maximum Gasteiger partial charge on any atom is 0.223 e. The fourth-order valence-electron chi connectivity index (χ4n) is 2.86. The highest BCUT2D eigenvalue weighted by atomic mass is 16.5. The van der Waals surface area contributed by atoms with Crippen LogP contribution in [0, 0.1) is 5.92 Å². The molecule has 0 bridgehead atoms. The zero-order valence-electron chi connectivity index (χ0n) is 12.3. The highest BCUT2D eigenvalue weighted by Crippen LogP contribution is 2.34. The standard InChI is InChI=1S/C16H19N3O2/c1-12-9-18(11-14-7-8-21-17-14)15-5-3-4-6-16(15)19(10-12)13(2)20/h3-8,12H,9-11H2,1-2H3. The minimum absolute atomic E-state index is 0.0811. The summed E-state index contributed by atoms with van der Waals surface area (Å²) in [5.41, 5.74) is 2.94. The molecule has 2 heterocycles. The Bertz CT molecular complexity index is 624. The van der Waals surface area contributed by atoms with E-state index in [4.69, 9.17) is 4.52 Å². The molecule has 1 aliphatic rings. The van der Waals surface area contributed by atoms with E-state index in [9.17, 15) is 4.79 Å². The number of aromatic nitrogens is 1. The molecule has 5 nitrogen and oxygen atoms in total. The molecule has 5 heteroatoms. The molecule has 2 aromatic rings. The van der Waals surface area contributed by atoms with Gasteiger partial charge in [-0.3, -0.25) is 4.79 Å². The van der Waals surface area contributed by atoms with E-state index in [0.717, 1.165) is 30.2 Å². The second-order valence-electron chi connectivity index (χ2n) is 5.59. The van der Waals surface area contributed by atoms with Gasteiger partial charge in [-0.25, -0.2) is 0 Å². The zero-order valence-corrected chi connectivity index (χ0v) is 12.3. The summed E-state index contributed by atoms with van der Waals surface area (Å²) in [6, 6.07) is 9.91. The minimum atomic E-state index is 0.0811. The molecule has 0 saturated carbocycles. The quantitative estimate of drug-likeness (QED) is 0.851. The van der Waals surface area contributed by atoms with E-state index >= 15 is 0 Å². The number of anilines is 2. The first-order chi connectivity index (χ1) is 10.1. The van der Waals surface area contributed by atoms with E-state index in [1.165, 1.54) is 0 Å². The van der Waals surface area contributed by atoms with Crippen molar-refractivity contribution in [2.45, 2.75) is 20.4 Å². The number of para-hydroxylation sites is 2. The molecule has 1 aromatic heterocycles. The predicted octanol–water partition coefficient (Wildman–Crippen LogP) is 2.68. The molecule has 0 radical (unpaired) electrons. The fourth-order valence-corrected chi connectivity index (χ4v) is 2.86. The zero-order chi connectivity index (χ0) is 14.8. The third-order valence-electron chi connectivity index (χ3n) is 3.76. The van der Waals surface area contributed by atoms with Gasteiger partial charge in [-0.15, -0.1) is 0 Å². The number of fused-ring (bicyclic) bond motifs is 1. The van der Waals surface area contributed by atoms with E-state index in [0.29, 0.717) is 12.5 Å². The molecule has 0 N–H and O–H groups in total. The molecule has 1 atom stereocenters. The van der Waals surface area contributed by atoms with Gasteiger partial charge in [-0.05, 0) is 18.1 Å². The smallest absolute Gasteiger partial charge is 0.223 e. The fraction of sp³-hybridized carbons (Fsp3) is 0.375. The summed E-state index contributed by atoms with van der Waals surface area (Å²) in [6.07, 6.45) is 1.59. The van der Waals surface area contributed by atoms with Crippen LogP contribution in [0.3, 0.4) is 0 Å². The molecule has 0 fully saturated rings. The number of nitrogens with zero attached hydrogens (tertiary/aromatic N) is 3. The summed E-state index contributed by atoms with van der Waals surface area (Å²) < 4.78 is 4.92. The van der Waals surface area contributed by atoms with Crippen LogP contribution in [0.15, 0.2) is 41.1 Å². The van der Waals surface area contributed by atoms with Crippen molar-refractivity contribution in [2.24, 2.45) is 5.92 Å². The summed E-state index contributed by atoms with van der Waals surface area (Å²) >= 11 is 0. The van der Waals surface area contributed by atoms with Crippen molar-refractivity contribution in [3.8, 4) is 0 Å². The summed E-state index contributed by atoms with van der Waals surface area (Å²) in [4.78, 5) is 16.1. The van der Waals surface area contributed by atoms with Crippen LogP contribution in [0.25, 0.3) is 0 Å². The Morgan fingerprint density at radius 2 is 2.05 bits per heavy atom. The lowest BCUT2D eigenvalue weighted by Gasteiger charge is -2.25. The van der Waals surface area contributed by atoms with Crippen molar-refractivity contribution >= 4 is 17.3 Å². The first-order valence-corrected chi connectivity index (χ1v) is 7.16. The molecule has 21 heavy (non-hydrogen) atoms. The maximum atomic E-state index is 12.0. The van der Waals surface area contributed by atoms with Crippen molar-refractivity contribution < 1.29 is 9.32 Å². The number of benzene rings is 1. The lowest BCUT2D eigenvalue weighted by molar-refractivity contribution is -0.116. The van der Waals surface area contributed by atoms with Crippen molar-refractivity contribution in [1.82, 2.24) is 5.16 Å². The Morgan fingerprint density at radius 1 is 1.29 bits per heavy atom. The summed E-state index contributed by atoms with van der Waals surface area (Å²) in [7, 11) is 0. The van der Waals surface area contributed by atoms with E-state index in [1.54, 1.807) is 13.2 Å². The third-order valence-corrected chi connectivity index (χ3v) is 3.76. The average molecular weight is 285 g/mol. The molecule has 1 unspecified atom stereocenters. The molecule has 0 spiro atoms. The van der Waals surface area contributed by atoms with Crippen LogP contribution in [-0.2, 0) is 11.3 Å². The number of hydrogen-bond donors (Lipinski definition) is 0. The van der Waals surface area contributed by atoms with Gasteiger partial charge in [-0.2, -0.15) is 0 Å². The van der Waals surface area contributed by atoms with Crippen LogP contribution < -0.4 is 9.80 Å². The van der Waals surface area contributed by atoms with Gasteiger partial charge in [0.15, 0.2) is 0 Å². The predicted molar refractivity (Wildman–Crippen MR) is 81.2 cm³/mol. The number of hydrogen-bond acceptors (Lipinski definition) is 4. The van der Waals surface area contributed by atoms with Gasteiger partial charge >= 0.3 is 0 Å². The van der Waals surface area contributed by atoms with Crippen LogP contribution in [0.2, 0.25) is 0 Å². The molecule has 1 aromatic carbocycles. The molecule has 1 aliphatic heterocycles. The Hall–Kier alpha value is -2.30. The Labute approximate surface area is 124 Å². The molecular formula is C16H19N3O2. The number of amides is 1. The monoisotopic (exact) mass is 285 g/mol. The van der Waals surface area contributed by atoms with Gasteiger partial charge in [0, 0.05) is 26.1 Å². The number of rotatable bonds is 2. The maximum absolute atomic E-state index is 12.0. The van der Waals surface area contributed by atoms with Crippen LogP contribution in [0.5, 0.6) is 0 Å². The Balaban J connectivity index is 1.99. The van der Waals surface area contributed by atoms with Crippen LogP contribution >= 0.6 is 0 Å². The topological polar surface area (TPSA) is 49.6 Å². The summed E-state index contributed by atoms with van der Waals surface area (Å²) in [6.45, 7) is 6.09. The second-order valence-corrected chi connectivity index (χ2v) is 5.59. The summed E-state index contributed by atoms with van der Waals surface area (Å²) in [5.74, 6) is 0.464. The van der Waals surface area contributed by atoms with Crippen molar-refractivity contribution in [3.05, 3.63) is 42.3 Å². The number of carbonyl (C=O) groups excluding carboxylic acids is 1. The first-order valence-electron chi connectivity index (χ1n) is 7.16. The lowest BCUT2D eigenvalue weighted by Crippen LogP contribution is -2.33. The number of carbonyl (C=O) groups is 1. The van der Waals surface area contributed by atoms with Crippen LogP contribution in [0.1, 0.15) is 19.5 Å². The third kappa shape index (κ3) is 2.77. The van der Waals surface area contributed by atoms with Gasteiger partial charge in [0.05, 0.1) is 17.9 Å². The van der Waals surface area contributed by atoms with Crippen LogP contribution in [-0.4, -0.2) is 24.2 Å². The molecule has 0 aliphatic carbocycles. The van der Waals surface area contributed by atoms with Crippen molar-refractivity contribution in [3.63, 3.8) is 0 Å². The first kappa shape index (κ1) is 13.7. The SMILES string of the molecule is CC(=O)N1CC(C)CN(Cc2ccon2)c2ccccc21. The highest BCUT2D eigenvalue weighted by molar-refractivity contribution is 5.95. The van der Waals surface area contributed by atoms with Crippen LogP contribution in [0.4, 0.5) is 11.4 Å². The normalized spacial score (nSPS) is 18.3. The highest BCUT2D eigenvalue weighted by Gasteiger charge is 2.26. The molecular weight excluding hydrogens is 266 g/mol. The minimum Gasteiger partial charge on any atom is -0.364 e. The molecule has 0 saturated heterocycles. The molecule has 110 valence electrons. The average Bonchev–Trinajstić information content (AvgIpc) is 2.92. The van der Waals surface area contributed by atoms with Crippen molar-refractivity contribution in [2.75, 3.05) is 22.9 Å². The van der Waals surface area contributed by atoms with E-state index < -0.39 is 0 Å². The Kier molecular flexibility index (Phi) is 3.64. The van der Waals surface area contributed by atoms with Gasteiger partial charge in [-0.1, -0.05) is 24.2 Å². The van der Waals surface area contributed by atoms with E-state index in [-0.39, 0.29) is 5.91 Å². The van der Waals surface area contributed by atoms with E-state index in [2.05, 4.69) is 23.0 Å². The van der Waals surface area contributed by atoms with Crippen molar-refractivity contribution in [1.29, 1.82) is 0 Å².